The summed E-state index contributed by atoms with van der Waals surface area (Å²) in [4.78, 5) is 13.1. The molecule has 1 aliphatic carbocycles. The molecule has 1 N–H and O–H groups in total. The summed E-state index contributed by atoms with van der Waals surface area (Å²) in [5.41, 5.74) is 0. The summed E-state index contributed by atoms with van der Waals surface area (Å²) in [5, 5.41) is 8.77. The maximum atomic E-state index is 10.6. The van der Waals surface area contributed by atoms with Crippen LogP contribution in [-0.4, -0.2) is 35.1 Å². The van der Waals surface area contributed by atoms with Crippen LogP contribution in [0.5, 0.6) is 0 Å². The Balaban J connectivity index is 1.74. The fraction of sp³-hybridized carbons (Fsp3) is 0.909. The van der Waals surface area contributed by atoms with Gasteiger partial charge in [-0.2, -0.15) is 0 Å². The van der Waals surface area contributed by atoms with Crippen LogP contribution in [0.4, 0.5) is 0 Å². The lowest BCUT2D eigenvalue weighted by atomic mass is 9.78. The van der Waals surface area contributed by atoms with Gasteiger partial charge >= 0.3 is 5.97 Å². The van der Waals surface area contributed by atoms with Gasteiger partial charge in [-0.15, -0.1) is 0 Å². The highest BCUT2D eigenvalue weighted by Gasteiger charge is 2.38. The maximum Gasteiger partial charge on any atom is 0.306 e. The zero-order valence-electron chi connectivity index (χ0n) is 8.78. The first-order valence-corrected chi connectivity index (χ1v) is 5.63. The third kappa shape index (κ3) is 1.92. The first-order valence-electron chi connectivity index (χ1n) is 5.63. The van der Waals surface area contributed by atoms with Crippen LogP contribution in [0.25, 0.3) is 0 Å². The molecule has 2 aliphatic rings. The number of carboxylic acid groups (broad SMARTS) is 1. The summed E-state index contributed by atoms with van der Waals surface area (Å²) in [6.45, 7) is 4.66. The molecule has 1 saturated heterocycles. The highest BCUT2D eigenvalue weighted by molar-refractivity contribution is 5.71. The molecule has 14 heavy (non-hydrogen) atoms. The van der Waals surface area contributed by atoms with Gasteiger partial charge in [0, 0.05) is 6.04 Å². The van der Waals surface area contributed by atoms with Gasteiger partial charge in [0.05, 0.1) is 5.92 Å². The van der Waals surface area contributed by atoms with Crippen molar-refractivity contribution in [1.29, 1.82) is 0 Å². The van der Waals surface area contributed by atoms with E-state index in [2.05, 4.69) is 11.8 Å². The van der Waals surface area contributed by atoms with Gasteiger partial charge in [0.25, 0.3) is 0 Å². The molecule has 0 amide bonds. The van der Waals surface area contributed by atoms with Crippen LogP contribution < -0.4 is 0 Å². The maximum absolute atomic E-state index is 10.6. The van der Waals surface area contributed by atoms with Gasteiger partial charge in [0.15, 0.2) is 0 Å². The van der Waals surface area contributed by atoms with E-state index in [9.17, 15) is 4.79 Å². The van der Waals surface area contributed by atoms with Crippen molar-refractivity contribution in [2.45, 2.75) is 38.6 Å². The number of hydrogen-bond acceptors (Lipinski definition) is 2. The molecule has 0 radical (unpaired) electrons. The van der Waals surface area contributed by atoms with E-state index < -0.39 is 5.97 Å². The molecule has 3 heteroatoms. The number of likely N-dealkylation sites (tertiary alicyclic amines) is 1. The summed E-state index contributed by atoms with van der Waals surface area (Å²) in [6, 6.07) is 0.573. The van der Waals surface area contributed by atoms with Crippen LogP contribution in [0.15, 0.2) is 0 Å². The normalized spacial score (nSPS) is 35.2. The van der Waals surface area contributed by atoms with Crippen molar-refractivity contribution in [2.75, 3.05) is 13.1 Å². The molecule has 0 spiro atoms. The second-order valence-corrected chi connectivity index (χ2v) is 4.88. The molecule has 80 valence electrons. The minimum atomic E-state index is -0.605. The van der Waals surface area contributed by atoms with Crippen LogP contribution in [0.3, 0.4) is 0 Å². The van der Waals surface area contributed by atoms with E-state index in [0.717, 1.165) is 18.8 Å². The summed E-state index contributed by atoms with van der Waals surface area (Å²) in [7, 11) is 0. The molecule has 2 rings (SSSR count). The Morgan fingerprint density at radius 3 is 2.36 bits per heavy atom. The van der Waals surface area contributed by atoms with E-state index in [0.29, 0.717) is 6.04 Å². The highest BCUT2D eigenvalue weighted by atomic mass is 16.4. The molecule has 1 heterocycles. The number of carbonyl (C=O) groups is 1. The van der Waals surface area contributed by atoms with E-state index in [1.807, 2.05) is 0 Å². The number of hydrogen-bond donors (Lipinski definition) is 1. The summed E-state index contributed by atoms with van der Waals surface area (Å²) in [6.07, 6.45) is 4.33. The largest absolute Gasteiger partial charge is 0.481 e. The highest BCUT2D eigenvalue weighted by Crippen LogP contribution is 2.34. The third-order valence-corrected chi connectivity index (χ3v) is 3.80. The standard InChI is InChI=1S/C11H19NO2/c1-8-2-4-12(5-3-8)10-6-9(7-10)11(13)14/h8-10H,2-7H2,1H3,(H,13,14). The van der Waals surface area contributed by atoms with E-state index in [1.54, 1.807) is 0 Å². The Labute approximate surface area is 85.1 Å². The van der Waals surface area contributed by atoms with Crippen LogP contribution in [0, 0.1) is 11.8 Å². The average molecular weight is 197 g/mol. The lowest BCUT2D eigenvalue weighted by Gasteiger charge is -2.44. The summed E-state index contributed by atoms with van der Waals surface area (Å²) < 4.78 is 0. The Kier molecular flexibility index (Phi) is 2.77. The van der Waals surface area contributed by atoms with Gasteiger partial charge in [-0.25, -0.2) is 0 Å². The average Bonchev–Trinajstić information content (AvgIpc) is 2.05. The van der Waals surface area contributed by atoms with Crippen molar-refractivity contribution >= 4 is 5.97 Å². The third-order valence-electron chi connectivity index (χ3n) is 3.80. The summed E-state index contributed by atoms with van der Waals surface area (Å²) >= 11 is 0. The zero-order chi connectivity index (χ0) is 10.1. The predicted octanol–water partition coefficient (Wildman–Crippen LogP) is 1.58. The number of nitrogens with zero attached hydrogens (tertiary/aromatic N) is 1. The van der Waals surface area contributed by atoms with E-state index in [4.69, 9.17) is 5.11 Å². The van der Waals surface area contributed by atoms with Gasteiger partial charge in [-0.1, -0.05) is 6.92 Å². The Bertz CT molecular complexity index is 215. The monoisotopic (exact) mass is 197 g/mol. The van der Waals surface area contributed by atoms with E-state index in [1.165, 1.54) is 25.9 Å². The van der Waals surface area contributed by atoms with Crippen LogP contribution in [0.1, 0.15) is 32.6 Å². The van der Waals surface area contributed by atoms with Gasteiger partial charge < -0.3 is 10.0 Å². The van der Waals surface area contributed by atoms with Crippen molar-refractivity contribution in [1.82, 2.24) is 4.90 Å². The van der Waals surface area contributed by atoms with Crippen molar-refractivity contribution in [3.8, 4) is 0 Å². The van der Waals surface area contributed by atoms with Gasteiger partial charge in [-0.3, -0.25) is 4.79 Å². The van der Waals surface area contributed by atoms with E-state index >= 15 is 0 Å². The number of aliphatic carboxylic acids is 1. The molecular weight excluding hydrogens is 178 g/mol. The smallest absolute Gasteiger partial charge is 0.306 e. The molecule has 0 aromatic carbocycles. The Morgan fingerprint density at radius 2 is 1.86 bits per heavy atom. The molecule has 0 aromatic rings. The topological polar surface area (TPSA) is 40.5 Å². The zero-order valence-corrected chi connectivity index (χ0v) is 8.78. The van der Waals surface area contributed by atoms with Crippen LogP contribution in [0.2, 0.25) is 0 Å². The molecule has 1 aliphatic heterocycles. The molecule has 1 saturated carbocycles. The molecule has 0 atom stereocenters. The predicted molar refractivity (Wildman–Crippen MR) is 54.1 cm³/mol. The quantitative estimate of drug-likeness (QED) is 0.730. The molecule has 3 nitrogen and oxygen atoms in total. The second-order valence-electron chi connectivity index (χ2n) is 4.88. The van der Waals surface area contributed by atoms with Crippen LogP contribution >= 0.6 is 0 Å². The van der Waals surface area contributed by atoms with Gasteiger partial charge in [0.2, 0.25) is 0 Å². The first kappa shape index (κ1) is 9.97. The van der Waals surface area contributed by atoms with Crippen molar-refractivity contribution in [3.05, 3.63) is 0 Å². The molecule has 2 fully saturated rings. The lowest BCUT2D eigenvalue weighted by molar-refractivity contribution is -0.147. The first-order chi connectivity index (χ1) is 6.66. The second kappa shape index (κ2) is 3.89. The Morgan fingerprint density at radius 1 is 1.29 bits per heavy atom. The SMILES string of the molecule is CC1CCN(C2CC(C(=O)O)C2)CC1. The molecule has 0 bridgehead atoms. The minimum absolute atomic E-state index is 0.0562. The van der Waals surface area contributed by atoms with E-state index in [-0.39, 0.29) is 5.92 Å². The molecular formula is C11H19NO2. The van der Waals surface area contributed by atoms with Crippen molar-refractivity contribution in [3.63, 3.8) is 0 Å². The number of carboxylic acids is 1. The van der Waals surface area contributed by atoms with Gasteiger partial charge in [-0.05, 0) is 44.7 Å². The van der Waals surface area contributed by atoms with Crippen molar-refractivity contribution in [2.24, 2.45) is 11.8 Å². The lowest BCUT2D eigenvalue weighted by Crippen LogP contribution is -2.49. The minimum Gasteiger partial charge on any atom is -0.481 e. The fourth-order valence-corrected chi connectivity index (χ4v) is 2.48. The summed E-state index contributed by atoms with van der Waals surface area (Å²) in [5.74, 6) is 0.201. The van der Waals surface area contributed by atoms with Crippen molar-refractivity contribution < 1.29 is 9.90 Å². The van der Waals surface area contributed by atoms with Crippen LogP contribution in [-0.2, 0) is 4.79 Å². The molecule has 0 aromatic heterocycles. The number of piperidine rings is 1. The molecule has 0 unspecified atom stereocenters. The fourth-order valence-electron chi connectivity index (χ4n) is 2.48. The van der Waals surface area contributed by atoms with Gasteiger partial charge in [0.1, 0.15) is 0 Å². The Hall–Kier alpha value is -0.570. The number of rotatable bonds is 2.